The van der Waals surface area contributed by atoms with E-state index in [1.165, 1.54) is 0 Å². The molecule has 2 saturated carbocycles. The van der Waals surface area contributed by atoms with Crippen LogP contribution in [0, 0.1) is 11.3 Å². The Morgan fingerprint density at radius 1 is 1.45 bits per heavy atom. The average molecular weight is 318 g/mol. The second-order valence-electron chi connectivity index (χ2n) is 6.40. The molecular formula is C15H21F3N2O2. The molecule has 0 radical (unpaired) electrons. The summed E-state index contributed by atoms with van der Waals surface area (Å²) < 4.78 is 44.6. The molecule has 0 aromatic carbocycles. The summed E-state index contributed by atoms with van der Waals surface area (Å²) in [6.07, 6.45) is -0.353. The van der Waals surface area contributed by atoms with E-state index in [-0.39, 0.29) is 30.9 Å². The van der Waals surface area contributed by atoms with Gasteiger partial charge in [-0.05, 0) is 39.0 Å². The molecule has 22 heavy (non-hydrogen) atoms. The zero-order chi connectivity index (χ0) is 16.0. The van der Waals surface area contributed by atoms with E-state index in [1.807, 2.05) is 6.92 Å². The number of ether oxygens (including phenoxy) is 1. The Balaban J connectivity index is 1.65. The Morgan fingerprint density at radius 3 is 2.77 bits per heavy atom. The molecule has 7 heteroatoms. The molecule has 4 nitrogen and oxygen atoms in total. The van der Waals surface area contributed by atoms with E-state index in [4.69, 9.17) is 4.74 Å². The highest BCUT2D eigenvalue weighted by Gasteiger charge is 2.68. The topological polar surface area (TPSA) is 50.4 Å². The summed E-state index contributed by atoms with van der Waals surface area (Å²) in [5.41, 5.74) is -1.59. The van der Waals surface area contributed by atoms with E-state index in [2.05, 4.69) is 10.6 Å². The average Bonchev–Trinajstić information content (AvgIpc) is 3.19. The summed E-state index contributed by atoms with van der Waals surface area (Å²) in [5.74, 6) is -0.884. The van der Waals surface area contributed by atoms with Gasteiger partial charge in [-0.25, -0.2) is 0 Å². The quantitative estimate of drug-likeness (QED) is 0.837. The maximum atomic E-state index is 13.0. The van der Waals surface area contributed by atoms with E-state index in [9.17, 15) is 18.0 Å². The van der Waals surface area contributed by atoms with E-state index >= 15 is 0 Å². The molecule has 0 aromatic rings. The molecule has 0 bridgehead atoms. The lowest BCUT2D eigenvalue weighted by molar-refractivity contribution is -0.191. The molecule has 124 valence electrons. The predicted octanol–water partition coefficient (Wildman–Crippen LogP) is 2.46. The number of carbonyl (C=O) groups excluding carboxylic acids is 1. The predicted molar refractivity (Wildman–Crippen MR) is 73.6 cm³/mol. The lowest BCUT2D eigenvalue weighted by Gasteiger charge is -2.33. The smallest absolute Gasteiger partial charge is 0.386 e. The third kappa shape index (κ3) is 2.59. The monoisotopic (exact) mass is 318 g/mol. The molecule has 1 amide bonds. The standard InChI is InChI=1S/C15H21F3N2O2/c1-2-22-9-3-4-11-10(7-9)12(8-19-11)20-13(21)14(5-6-14)15(16,17)18/h8-11,19H,2-7H2,1H3,(H,20,21). The number of alkyl halides is 3. The number of nitrogens with one attached hydrogen (secondary N) is 2. The minimum atomic E-state index is -4.47. The van der Waals surface area contributed by atoms with Crippen molar-refractivity contribution in [3.05, 3.63) is 11.9 Å². The summed E-state index contributed by atoms with van der Waals surface area (Å²) in [7, 11) is 0. The summed E-state index contributed by atoms with van der Waals surface area (Å²) >= 11 is 0. The van der Waals surface area contributed by atoms with Crippen LogP contribution in [0.1, 0.15) is 39.0 Å². The van der Waals surface area contributed by atoms with Gasteiger partial charge in [0.15, 0.2) is 0 Å². The Bertz CT molecular complexity index is 486. The van der Waals surface area contributed by atoms with Crippen LogP contribution in [0.4, 0.5) is 13.2 Å². The van der Waals surface area contributed by atoms with Crippen molar-refractivity contribution >= 4 is 5.91 Å². The molecule has 3 aliphatic rings. The number of carbonyl (C=O) groups is 1. The molecule has 3 unspecified atom stereocenters. The molecule has 0 spiro atoms. The van der Waals surface area contributed by atoms with E-state index in [1.54, 1.807) is 6.20 Å². The molecule has 1 aliphatic heterocycles. The molecule has 2 N–H and O–H groups in total. The largest absolute Gasteiger partial charge is 0.403 e. The molecule has 3 rings (SSSR count). The Labute approximate surface area is 127 Å². The SMILES string of the molecule is CCOC1CCC2NC=C(NC(=O)C3(C(F)(F)F)CC3)C2C1. The Morgan fingerprint density at radius 2 is 2.18 bits per heavy atom. The summed E-state index contributed by atoms with van der Waals surface area (Å²) in [5, 5.41) is 5.71. The van der Waals surface area contributed by atoms with Gasteiger partial charge in [0.05, 0.1) is 6.10 Å². The van der Waals surface area contributed by atoms with Gasteiger partial charge in [-0.15, -0.1) is 0 Å². The van der Waals surface area contributed by atoms with Gasteiger partial charge in [0, 0.05) is 30.5 Å². The van der Waals surface area contributed by atoms with Gasteiger partial charge in [0.25, 0.3) is 0 Å². The van der Waals surface area contributed by atoms with Crippen LogP contribution in [0.5, 0.6) is 0 Å². The van der Waals surface area contributed by atoms with Crippen LogP contribution >= 0.6 is 0 Å². The maximum Gasteiger partial charge on any atom is 0.403 e. The van der Waals surface area contributed by atoms with Crippen molar-refractivity contribution in [1.29, 1.82) is 0 Å². The van der Waals surface area contributed by atoms with Crippen molar-refractivity contribution < 1.29 is 22.7 Å². The van der Waals surface area contributed by atoms with Crippen LogP contribution in [0.15, 0.2) is 11.9 Å². The van der Waals surface area contributed by atoms with Crippen molar-refractivity contribution in [3.8, 4) is 0 Å². The minimum Gasteiger partial charge on any atom is -0.386 e. The molecular weight excluding hydrogens is 297 g/mol. The maximum absolute atomic E-state index is 13.0. The zero-order valence-electron chi connectivity index (χ0n) is 12.5. The zero-order valence-corrected chi connectivity index (χ0v) is 12.5. The van der Waals surface area contributed by atoms with Crippen molar-refractivity contribution in [3.63, 3.8) is 0 Å². The third-order valence-electron chi connectivity index (χ3n) is 5.04. The Kier molecular flexibility index (Phi) is 3.87. The van der Waals surface area contributed by atoms with Gasteiger partial charge in [-0.2, -0.15) is 13.2 Å². The van der Waals surface area contributed by atoms with Crippen LogP contribution in [0.25, 0.3) is 0 Å². The highest BCUT2D eigenvalue weighted by Crippen LogP contribution is 2.58. The number of hydrogen-bond acceptors (Lipinski definition) is 3. The van der Waals surface area contributed by atoms with Crippen molar-refractivity contribution in [2.45, 2.75) is 57.3 Å². The van der Waals surface area contributed by atoms with Crippen molar-refractivity contribution in [2.24, 2.45) is 11.3 Å². The van der Waals surface area contributed by atoms with Crippen LogP contribution in [-0.4, -0.2) is 30.8 Å². The summed E-state index contributed by atoms with van der Waals surface area (Å²) in [6.45, 7) is 2.55. The highest BCUT2D eigenvalue weighted by molar-refractivity contribution is 5.87. The van der Waals surface area contributed by atoms with E-state index in [0.29, 0.717) is 12.3 Å². The number of fused-ring (bicyclic) bond motifs is 1. The first-order valence-electron chi connectivity index (χ1n) is 7.83. The number of halogens is 3. The molecule has 2 aliphatic carbocycles. The van der Waals surface area contributed by atoms with Gasteiger partial charge >= 0.3 is 6.18 Å². The first-order chi connectivity index (χ1) is 10.4. The van der Waals surface area contributed by atoms with Crippen molar-refractivity contribution in [2.75, 3.05) is 6.61 Å². The van der Waals surface area contributed by atoms with Crippen LogP contribution in [-0.2, 0) is 9.53 Å². The summed E-state index contributed by atoms with van der Waals surface area (Å²) in [6, 6.07) is 0.188. The minimum absolute atomic E-state index is 0.0262. The molecule has 0 saturated heterocycles. The number of amides is 1. The third-order valence-corrected chi connectivity index (χ3v) is 5.04. The second-order valence-corrected chi connectivity index (χ2v) is 6.40. The van der Waals surface area contributed by atoms with Crippen molar-refractivity contribution in [1.82, 2.24) is 10.6 Å². The molecule has 2 fully saturated rings. The first kappa shape index (κ1) is 15.6. The summed E-state index contributed by atoms with van der Waals surface area (Å²) in [4.78, 5) is 12.1. The fourth-order valence-corrected chi connectivity index (χ4v) is 3.51. The van der Waals surface area contributed by atoms with Crippen LogP contribution in [0.2, 0.25) is 0 Å². The molecule has 0 aromatic heterocycles. The lowest BCUT2D eigenvalue weighted by Crippen LogP contribution is -2.44. The fraction of sp³-hybridized carbons (Fsp3) is 0.800. The van der Waals surface area contributed by atoms with E-state index in [0.717, 1.165) is 19.3 Å². The number of rotatable bonds is 4. The highest BCUT2D eigenvalue weighted by atomic mass is 19.4. The normalized spacial score (nSPS) is 32.7. The Hall–Kier alpha value is -1.24. The van der Waals surface area contributed by atoms with Crippen LogP contribution in [0.3, 0.4) is 0 Å². The van der Waals surface area contributed by atoms with E-state index < -0.39 is 17.5 Å². The van der Waals surface area contributed by atoms with Gasteiger partial charge in [-0.3, -0.25) is 4.79 Å². The molecule has 1 heterocycles. The van der Waals surface area contributed by atoms with Crippen LogP contribution < -0.4 is 10.6 Å². The fourth-order valence-electron chi connectivity index (χ4n) is 3.51. The van der Waals surface area contributed by atoms with Gasteiger partial charge < -0.3 is 15.4 Å². The first-order valence-corrected chi connectivity index (χ1v) is 7.83. The molecule has 3 atom stereocenters. The number of hydrogen-bond donors (Lipinski definition) is 2. The lowest BCUT2D eigenvalue weighted by atomic mass is 9.82. The van der Waals surface area contributed by atoms with Gasteiger partial charge in [-0.1, -0.05) is 0 Å². The van der Waals surface area contributed by atoms with Gasteiger partial charge in [0.2, 0.25) is 5.91 Å². The van der Waals surface area contributed by atoms with Gasteiger partial charge in [0.1, 0.15) is 5.41 Å². The second kappa shape index (κ2) is 5.44.